The molecule has 2 aromatic carbocycles. The molecule has 0 spiro atoms. The normalized spacial score (nSPS) is 20.6. The Balaban J connectivity index is 1.41. The van der Waals surface area contributed by atoms with Gasteiger partial charge in [0.1, 0.15) is 17.6 Å². The molecule has 0 saturated carbocycles. The minimum atomic E-state index is -0.0653. The summed E-state index contributed by atoms with van der Waals surface area (Å²) < 4.78 is 17.1. The number of amides is 2. The van der Waals surface area contributed by atoms with Gasteiger partial charge in [0.05, 0.1) is 19.3 Å². The minimum absolute atomic E-state index is 0.0224. The van der Waals surface area contributed by atoms with Crippen LogP contribution in [0.5, 0.6) is 11.5 Å². The van der Waals surface area contributed by atoms with Crippen LogP contribution in [0.3, 0.4) is 0 Å². The van der Waals surface area contributed by atoms with E-state index < -0.39 is 0 Å². The number of benzene rings is 2. The van der Waals surface area contributed by atoms with E-state index in [2.05, 4.69) is 12.2 Å². The zero-order valence-electron chi connectivity index (χ0n) is 21.4. The Morgan fingerprint density at radius 1 is 1.14 bits per heavy atom. The molecule has 0 radical (unpaired) electrons. The average molecular weight is 496 g/mol. The maximum atomic E-state index is 13.4. The number of ether oxygens (including phenoxy) is 3. The molecule has 4 rings (SSSR count). The van der Waals surface area contributed by atoms with Crippen LogP contribution >= 0.6 is 0 Å². The van der Waals surface area contributed by atoms with E-state index >= 15 is 0 Å². The van der Waals surface area contributed by atoms with Crippen molar-refractivity contribution in [1.29, 1.82) is 0 Å². The van der Waals surface area contributed by atoms with Crippen LogP contribution in [-0.2, 0) is 16.1 Å². The predicted octanol–water partition coefficient (Wildman–Crippen LogP) is 3.49. The van der Waals surface area contributed by atoms with Crippen LogP contribution in [0.25, 0.3) is 0 Å². The molecule has 0 aliphatic carbocycles. The second-order valence-corrected chi connectivity index (χ2v) is 9.59. The van der Waals surface area contributed by atoms with Crippen LogP contribution in [0.1, 0.15) is 42.1 Å². The Morgan fingerprint density at radius 3 is 2.61 bits per heavy atom. The van der Waals surface area contributed by atoms with Crippen LogP contribution in [0.4, 0.5) is 5.69 Å². The van der Waals surface area contributed by atoms with E-state index in [9.17, 15) is 9.59 Å². The number of piperidine rings is 2. The third kappa shape index (κ3) is 5.82. The number of nitrogens with one attached hydrogen (secondary N) is 1. The van der Waals surface area contributed by atoms with E-state index in [-0.39, 0.29) is 18.1 Å². The lowest BCUT2D eigenvalue weighted by molar-refractivity contribution is -0.108. The van der Waals surface area contributed by atoms with Crippen molar-refractivity contribution in [3.8, 4) is 11.5 Å². The van der Waals surface area contributed by atoms with E-state index in [1.54, 1.807) is 25.2 Å². The van der Waals surface area contributed by atoms with Crippen molar-refractivity contribution in [1.82, 2.24) is 10.2 Å². The van der Waals surface area contributed by atoms with E-state index in [4.69, 9.17) is 14.2 Å². The number of hydrogen-bond donors (Lipinski definition) is 1. The summed E-state index contributed by atoms with van der Waals surface area (Å²) in [5.74, 6) is 1.59. The van der Waals surface area contributed by atoms with Gasteiger partial charge in [-0.15, -0.1) is 0 Å². The highest BCUT2D eigenvalue weighted by Crippen LogP contribution is 2.31. The Kier molecular flexibility index (Phi) is 8.83. The summed E-state index contributed by atoms with van der Waals surface area (Å²) in [4.78, 5) is 29.1. The maximum Gasteiger partial charge on any atom is 0.257 e. The highest BCUT2D eigenvalue weighted by molar-refractivity contribution is 5.97. The van der Waals surface area contributed by atoms with Crippen molar-refractivity contribution in [3.05, 3.63) is 53.6 Å². The van der Waals surface area contributed by atoms with Gasteiger partial charge in [0, 0.05) is 56.0 Å². The lowest BCUT2D eigenvalue weighted by atomic mass is 9.98. The van der Waals surface area contributed by atoms with Crippen LogP contribution in [0.2, 0.25) is 0 Å². The summed E-state index contributed by atoms with van der Waals surface area (Å²) in [5, 5.41) is 3.38. The summed E-state index contributed by atoms with van der Waals surface area (Å²) in [7, 11) is 3.22. The quantitative estimate of drug-likeness (QED) is 0.537. The number of nitrogens with zero attached hydrogens (tertiary/aromatic N) is 2. The molecule has 2 aliphatic heterocycles. The number of likely N-dealkylation sites (tertiary alicyclic amines) is 1. The zero-order valence-corrected chi connectivity index (χ0v) is 21.4. The molecule has 2 heterocycles. The molecule has 194 valence electrons. The largest absolute Gasteiger partial charge is 0.496 e. The van der Waals surface area contributed by atoms with Gasteiger partial charge in [-0.2, -0.15) is 0 Å². The first-order valence-electron chi connectivity index (χ1n) is 12.7. The predicted molar refractivity (Wildman–Crippen MR) is 139 cm³/mol. The molecule has 8 heteroatoms. The van der Waals surface area contributed by atoms with Gasteiger partial charge in [-0.05, 0) is 44.0 Å². The molecule has 2 saturated heterocycles. The molecular formula is C28H37N3O5. The van der Waals surface area contributed by atoms with Crippen molar-refractivity contribution >= 4 is 18.0 Å². The molecule has 2 fully saturated rings. The molecule has 2 unspecified atom stereocenters. The van der Waals surface area contributed by atoms with Gasteiger partial charge >= 0.3 is 0 Å². The first kappa shape index (κ1) is 26.0. The fraction of sp³-hybridized carbons (Fsp3) is 0.500. The third-order valence-electron chi connectivity index (χ3n) is 7.23. The third-order valence-corrected chi connectivity index (χ3v) is 7.23. The molecule has 8 nitrogen and oxygen atoms in total. The molecule has 2 atom stereocenters. The Hall–Kier alpha value is -3.10. The summed E-state index contributed by atoms with van der Waals surface area (Å²) in [5.41, 5.74) is 2.36. The molecule has 0 aromatic heterocycles. The minimum Gasteiger partial charge on any atom is -0.496 e. The molecule has 2 aromatic rings. The molecule has 2 aliphatic rings. The molecule has 1 N–H and O–H groups in total. The van der Waals surface area contributed by atoms with Gasteiger partial charge in [0.15, 0.2) is 0 Å². The van der Waals surface area contributed by atoms with Crippen molar-refractivity contribution in [3.63, 3.8) is 0 Å². The van der Waals surface area contributed by atoms with Crippen molar-refractivity contribution < 1.29 is 23.8 Å². The van der Waals surface area contributed by atoms with E-state index in [1.165, 1.54) is 0 Å². The fourth-order valence-corrected chi connectivity index (χ4v) is 5.16. The van der Waals surface area contributed by atoms with E-state index in [0.717, 1.165) is 42.9 Å². The lowest BCUT2D eigenvalue weighted by Crippen LogP contribution is -2.46. The highest BCUT2D eigenvalue weighted by atomic mass is 16.5. The zero-order chi connectivity index (χ0) is 25.5. The SMILES string of the molecule is COCc1ccccc1N(C=O)C1CCN(C(=O)c2ccc(OC3CCNCC3C)cc2OC)CC1. The topological polar surface area (TPSA) is 80.3 Å². The van der Waals surface area contributed by atoms with Crippen LogP contribution in [0.15, 0.2) is 42.5 Å². The van der Waals surface area contributed by atoms with Crippen LogP contribution < -0.4 is 19.7 Å². The number of carbonyl (C=O) groups is 2. The monoisotopic (exact) mass is 495 g/mol. The number of anilines is 1. The van der Waals surface area contributed by atoms with Gasteiger partial charge in [-0.3, -0.25) is 9.59 Å². The first-order valence-corrected chi connectivity index (χ1v) is 12.7. The number of hydrogen-bond acceptors (Lipinski definition) is 6. The summed E-state index contributed by atoms with van der Waals surface area (Å²) in [6.07, 6.45) is 3.38. The molecule has 2 amide bonds. The summed E-state index contributed by atoms with van der Waals surface area (Å²) >= 11 is 0. The van der Waals surface area contributed by atoms with Gasteiger partial charge in [0.2, 0.25) is 6.41 Å². The Labute approximate surface area is 213 Å². The summed E-state index contributed by atoms with van der Waals surface area (Å²) in [6, 6.07) is 13.3. The highest BCUT2D eigenvalue weighted by Gasteiger charge is 2.30. The average Bonchev–Trinajstić information content (AvgIpc) is 2.91. The van der Waals surface area contributed by atoms with Gasteiger partial charge < -0.3 is 29.3 Å². The lowest BCUT2D eigenvalue weighted by Gasteiger charge is -2.37. The fourth-order valence-electron chi connectivity index (χ4n) is 5.16. The Morgan fingerprint density at radius 2 is 1.92 bits per heavy atom. The second-order valence-electron chi connectivity index (χ2n) is 9.59. The van der Waals surface area contributed by atoms with Gasteiger partial charge in [-0.1, -0.05) is 25.1 Å². The second kappa shape index (κ2) is 12.2. The first-order chi connectivity index (χ1) is 17.5. The Bertz CT molecular complexity index is 1040. The van der Waals surface area contributed by atoms with Gasteiger partial charge in [-0.25, -0.2) is 0 Å². The van der Waals surface area contributed by atoms with Crippen LogP contribution in [0, 0.1) is 5.92 Å². The van der Waals surface area contributed by atoms with E-state index in [0.29, 0.717) is 49.8 Å². The number of carbonyl (C=O) groups excluding carboxylic acids is 2. The van der Waals surface area contributed by atoms with Crippen LogP contribution in [-0.4, -0.2) is 69.8 Å². The maximum absolute atomic E-state index is 13.4. The summed E-state index contributed by atoms with van der Waals surface area (Å²) in [6.45, 7) is 5.62. The van der Waals surface area contributed by atoms with Gasteiger partial charge in [0.25, 0.3) is 5.91 Å². The van der Waals surface area contributed by atoms with E-state index in [1.807, 2.05) is 41.3 Å². The molecular weight excluding hydrogens is 458 g/mol. The number of para-hydroxylation sites is 1. The number of rotatable bonds is 9. The molecule has 36 heavy (non-hydrogen) atoms. The van der Waals surface area contributed by atoms with Crippen molar-refractivity contribution in [2.24, 2.45) is 5.92 Å². The van der Waals surface area contributed by atoms with Crippen molar-refractivity contribution in [2.45, 2.75) is 44.9 Å². The molecule has 0 bridgehead atoms. The smallest absolute Gasteiger partial charge is 0.257 e. The number of methoxy groups -OCH3 is 2. The standard InChI is InChI=1S/C28H37N3O5/c1-20-17-29-13-10-26(20)36-23-8-9-24(27(16-23)35-3)28(33)30-14-11-22(12-15-30)31(19-32)25-7-5-4-6-21(25)18-34-2/h4-9,16,19-20,22,26,29H,10-15,17-18H2,1-3H3. The van der Waals surface area contributed by atoms with Crippen molar-refractivity contribution in [2.75, 3.05) is 45.3 Å².